The molecule has 0 aromatic heterocycles. The Balaban J connectivity index is 0.00000144. The number of halogens is 1. The molecule has 3 unspecified atom stereocenters. The topological polar surface area (TPSA) is 55.6 Å². The molecule has 2 N–H and O–H groups in total. The van der Waals surface area contributed by atoms with E-state index in [1.54, 1.807) is 0 Å². The van der Waals surface area contributed by atoms with Crippen LogP contribution in [-0.2, 0) is 9.53 Å². The number of nitrogens with zero attached hydrogens (tertiary/aromatic N) is 1. The third-order valence-electron chi connectivity index (χ3n) is 3.79. The van der Waals surface area contributed by atoms with E-state index in [2.05, 4.69) is 6.92 Å². The maximum atomic E-state index is 12.2. The van der Waals surface area contributed by atoms with Crippen molar-refractivity contribution in [1.82, 2.24) is 4.90 Å². The molecule has 0 saturated carbocycles. The minimum atomic E-state index is 0. The first kappa shape index (κ1) is 14.7. The minimum Gasteiger partial charge on any atom is -0.381 e. The van der Waals surface area contributed by atoms with Crippen molar-refractivity contribution in [2.75, 3.05) is 26.3 Å². The third kappa shape index (κ3) is 3.57. The number of piperidine rings is 1. The zero-order valence-electron chi connectivity index (χ0n) is 10.4. The number of likely N-dealkylation sites (tertiary alicyclic amines) is 1. The van der Waals surface area contributed by atoms with E-state index in [1.165, 1.54) is 0 Å². The molecule has 0 aliphatic carbocycles. The molecule has 2 saturated heterocycles. The van der Waals surface area contributed by atoms with Gasteiger partial charge in [-0.1, -0.05) is 6.92 Å². The van der Waals surface area contributed by atoms with Gasteiger partial charge in [0, 0.05) is 25.7 Å². The number of amides is 1. The van der Waals surface area contributed by atoms with Crippen LogP contribution in [0, 0.1) is 11.8 Å². The lowest BCUT2D eigenvalue weighted by Gasteiger charge is -2.37. The number of carbonyl (C=O) groups is 1. The van der Waals surface area contributed by atoms with Gasteiger partial charge in [0.05, 0.1) is 12.5 Å². The van der Waals surface area contributed by atoms with Crippen molar-refractivity contribution in [1.29, 1.82) is 0 Å². The predicted octanol–water partition coefficient (Wildman–Crippen LogP) is 1.03. The molecule has 0 spiro atoms. The van der Waals surface area contributed by atoms with Crippen LogP contribution in [0.15, 0.2) is 0 Å². The van der Waals surface area contributed by atoms with Crippen LogP contribution in [0.5, 0.6) is 0 Å². The summed E-state index contributed by atoms with van der Waals surface area (Å²) in [6.07, 6.45) is 2.93. The van der Waals surface area contributed by atoms with Crippen LogP contribution in [0.2, 0.25) is 0 Å². The van der Waals surface area contributed by atoms with Crippen molar-refractivity contribution >= 4 is 18.3 Å². The number of carbonyl (C=O) groups excluding carboxylic acids is 1. The van der Waals surface area contributed by atoms with Crippen LogP contribution < -0.4 is 5.73 Å². The molecule has 2 rings (SSSR count). The zero-order chi connectivity index (χ0) is 11.5. The molecule has 1 amide bonds. The highest BCUT2D eigenvalue weighted by molar-refractivity contribution is 5.85. The van der Waals surface area contributed by atoms with Crippen molar-refractivity contribution in [2.45, 2.75) is 32.2 Å². The maximum Gasteiger partial charge on any atom is 0.228 e. The van der Waals surface area contributed by atoms with E-state index < -0.39 is 0 Å². The molecule has 0 aromatic rings. The summed E-state index contributed by atoms with van der Waals surface area (Å²) < 4.78 is 5.37. The van der Waals surface area contributed by atoms with Crippen molar-refractivity contribution in [3.63, 3.8) is 0 Å². The Morgan fingerprint density at radius 2 is 2.18 bits per heavy atom. The third-order valence-corrected chi connectivity index (χ3v) is 3.79. The highest BCUT2D eigenvalue weighted by Crippen LogP contribution is 2.21. The molecule has 2 heterocycles. The summed E-state index contributed by atoms with van der Waals surface area (Å²) in [5, 5.41) is 0. The number of hydrogen-bond donors (Lipinski definition) is 1. The zero-order valence-corrected chi connectivity index (χ0v) is 11.2. The second-order valence-corrected chi connectivity index (χ2v) is 5.13. The lowest BCUT2D eigenvalue weighted by molar-refractivity contribution is -0.141. The van der Waals surface area contributed by atoms with E-state index in [0.29, 0.717) is 12.5 Å². The van der Waals surface area contributed by atoms with E-state index in [0.717, 1.165) is 39.0 Å². The molecular formula is C12H23ClN2O2. The number of rotatable bonds is 1. The summed E-state index contributed by atoms with van der Waals surface area (Å²) in [4.78, 5) is 14.2. The monoisotopic (exact) mass is 262 g/mol. The Morgan fingerprint density at radius 3 is 2.76 bits per heavy atom. The van der Waals surface area contributed by atoms with Gasteiger partial charge in [-0.15, -0.1) is 12.4 Å². The highest BCUT2D eigenvalue weighted by atomic mass is 35.5. The molecule has 2 aliphatic heterocycles. The van der Waals surface area contributed by atoms with Gasteiger partial charge >= 0.3 is 0 Å². The fourth-order valence-electron chi connectivity index (χ4n) is 2.56. The normalized spacial score (nSPS) is 34.0. The maximum absolute atomic E-state index is 12.2. The van der Waals surface area contributed by atoms with Crippen LogP contribution in [0.1, 0.15) is 26.2 Å². The van der Waals surface area contributed by atoms with Gasteiger partial charge in [-0.05, 0) is 25.2 Å². The summed E-state index contributed by atoms with van der Waals surface area (Å²) >= 11 is 0. The minimum absolute atomic E-state index is 0. The summed E-state index contributed by atoms with van der Waals surface area (Å²) in [6.45, 7) is 5.18. The molecule has 3 atom stereocenters. The van der Waals surface area contributed by atoms with Gasteiger partial charge in [0.25, 0.3) is 0 Å². The molecule has 4 nitrogen and oxygen atoms in total. The van der Waals surface area contributed by atoms with Crippen molar-refractivity contribution < 1.29 is 9.53 Å². The SMILES string of the molecule is CC1CN(C(=O)C2CCCOC2)CCC1N.Cl. The van der Waals surface area contributed by atoms with Crippen LogP contribution in [-0.4, -0.2) is 43.2 Å². The standard InChI is InChI=1S/C12H22N2O2.ClH/c1-9-7-14(5-4-11(9)13)12(15)10-3-2-6-16-8-10;/h9-11H,2-8,13H2,1H3;1H. The van der Waals surface area contributed by atoms with Crippen LogP contribution >= 0.6 is 12.4 Å². The summed E-state index contributed by atoms with van der Waals surface area (Å²) in [6, 6.07) is 0.256. The second-order valence-electron chi connectivity index (χ2n) is 5.13. The van der Waals surface area contributed by atoms with E-state index in [9.17, 15) is 4.79 Å². The Kier molecular flexibility index (Phi) is 5.70. The highest BCUT2D eigenvalue weighted by Gasteiger charge is 2.31. The Hall–Kier alpha value is -0.320. The van der Waals surface area contributed by atoms with E-state index in [-0.39, 0.29) is 30.3 Å². The average molecular weight is 263 g/mol. The van der Waals surface area contributed by atoms with Gasteiger partial charge in [-0.2, -0.15) is 0 Å². The van der Waals surface area contributed by atoms with Gasteiger partial charge in [-0.25, -0.2) is 0 Å². The molecule has 0 aromatic carbocycles. The molecule has 0 bridgehead atoms. The van der Waals surface area contributed by atoms with E-state index in [4.69, 9.17) is 10.5 Å². The smallest absolute Gasteiger partial charge is 0.228 e. The van der Waals surface area contributed by atoms with Crippen molar-refractivity contribution in [2.24, 2.45) is 17.6 Å². The van der Waals surface area contributed by atoms with Gasteiger partial charge < -0.3 is 15.4 Å². The fourth-order valence-corrected chi connectivity index (χ4v) is 2.56. The predicted molar refractivity (Wildman–Crippen MR) is 69.1 cm³/mol. The van der Waals surface area contributed by atoms with Gasteiger partial charge in [0.2, 0.25) is 5.91 Å². The van der Waals surface area contributed by atoms with Gasteiger partial charge in [-0.3, -0.25) is 4.79 Å². The van der Waals surface area contributed by atoms with Crippen LogP contribution in [0.4, 0.5) is 0 Å². The van der Waals surface area contributed by atoms with Gasteiger partial charge in [0.1, 0.15) is 0 Å². The Morgan fingerprint density at radius 1 is 1.41 bits per heavy atom. The Bertz CT molecular complexity index is 257. The van der Waals surface area contributed by atoms with Crippen LogP contribution in [0.25, 0.3) is 0 Å². The number of nitrogens with two attached hydrogens (primary N) is 1. The molecule has 0 radical (unpaired) electrons. The first-order chi connectivity index (χ1) is 7.68. The average Bonchev–Trinajstić information content (AvgIpc) is 2.33. The summed E-state index contributed by atoms with van der Waals surface area (Å²) in [5.41, 5.74) is 5.96. The van der Waals surface area contributed by atoms with E-state index in [1.807, 2.05) is 4.90 Å². The number of hydrogen-bond acceptors (Lipinski definition) is 3. The fraction of sp³-hybridized carbons (Fsp3) is 0.917. The molecule has 5 heteroatoms. The summed E-state index contributed by atoms with van der Waals surface area (Å²) in [5.74, 6) is 0.788. The second kappa shape index (κ2) is 6.57. The molecule has 17 heavy (non-hydrogen) atoms. The molecule has 2 fully saturated rings. The molecular weight excluding hydrogens is 240 g/mol. The van der Waals surface area contributed by atoms with Crippen LogP contribution in [0.3, 0.4) is 0 Å². The Labute approximate surface area is 109 Å². The number of ether oxygens (including phenoxy) is 1. The van der Waals surface area contributed by atoms with E-state index >= 15 is 0 Å². The lowest BCUT2D eigenvalue weighted by atomic mass is 9.92. The first-order valence-corrected chi connectivity index (χ1v) is 6.30. The quantitative estimate of drug-likeness (QED) is 0.768. The lowest BCUT2D eigenvalue weighted by Crippen LogP contribution is -2.50. The molecule has 2 aliphatic rings. The van der Waals surface area contributed by atoms with Gasteiger partial charge in [0.15, 0.2) is 0 Å². The molecule has 100 valence electrons. The van der Waals surface area contributed by atoms with Crippen molar-refractivity contribution in [3.8, 4) is 0 Å². The van der Waals surface area contributed by atoms with Crippen molar-refractivity contribution in [3.05, 3.63) is 0 Å². The first-order valence-electron chi connectivity index (χ1n) is 6.30. The summed E-state index contributed by atoms with van der Waals surface area (Å²) in [7, 11) is 0. The largest absolute Gasteiger partial charge is 0.381 e.